The number of halogens is 1. The van der Waals surface area contributed by atoms with Gasteiger partial charge in [0.15, 0.2) is 9.84 Å². The normalized spacial score (nSPS) is 16.7. The van der Waals surface area contributed by atoms with Gasteiger partial charge in [-0.2, -0.15) is 4.98 Å². The van der Waals surface area contributed by atoms with Crippen LogP contribution in [0.5, 0.6) is 0 Å². The van der Waals surface area contributed by atoms with Gasteiger partial charge in [0.1, 0.15) is 18.2 Å². The molecule has 0 aliphatic carbocycles. The number of aliphatic hydroxyl groups excluding tert-OH is 1. The van der Waals surface area contributed by atoms with E-state index in [2.05, 4.69) is 20.6 Å². The van der Waals surface area contributed by atoms with Crippen LogP contribution < -0.4 is 10.6 Å². The quantitative estimate of drug-likeness (QED) is 0.530. The minimum Gasteiger partial charge on any atom is -0.387 e. The van der Waals surface area contributed by atoms with Crippen molar-refractivity contribution < 1.29 is 22.7 Å². The number of carbonyl (C=O) groups is 1. The SMILES string of the molecule is C/C=C/S(=O)(=O)Cc1cc(F)ccc1Nc1nc(N[C@H]2CCCN(C(=O)CO)C2)ncc1C. The van der Waals surface area contributed by atoms with Crippen LogP contribution in [0.4, 0.5) is 21.8 Å². The van der Waals surface area contributed by atoms with Crippen LogP contribution >= 0.6 is 0 Å². The summed E-state index contributed by atoms with van der Waals surface area (Å²) >= 11 is 0. The molecule has 2 heterocycles. The number of allylic oxidation sites excluding steroid dienone is 1. The average Bonchev–Trinajstić information content (AvgIpc) is 2.77. The first-order chi connectivity index (χ1) is 15.7. The third kappa shape index (κ3) is 6.72. The second-order valence-corrected chi connectivity index (χ2v) is 9.80. The molecule has 1 fully saturated rings. The molecule has 1 aliphatic rings. The topological polar surface area (TPSA) is 125 Å². The lowest BCUT2D eigenvalue weighted by atomic mass is 10.1. The van der Waals surface area contributed by atoms with Crippen molar-refractivity contribution in [3.8, 4) is 0 Å². The van der Waals surface area contributed by atoms with Crippen LogP contribution in [0.2, 0.25) is 0 Å². The smallest absolute Gasteiger partial charge is 0.248 e. The maximum atomic E-state index is 13.8. The Morgan fingerprint density at radius 1 is 1.39 bits per heavy atom. The number of aryl methyl sites for hydroxylation is 1. The van der Waals surface area contributed by atoms with Crippen molar-refractivity contribution >= 4 is 33.2 Å². The van der Waals surface area contributed by atoms with E-state index >= 15 is 0 Å². The molecular weight excluding hydrogens is 449 g/mol. The summed E-state index contributed by atoms with van der Waals surface area (Å²) in [5.74, 6) is -0.416. The van der Waals surface area contributed by atoms with Crippen molar-refractivity contribution in [2.24, 2.45) is 0 Å². The Hall–Kier alpha value is -3.05. The molecule has 1 aliphatic heterocycles. The summed E-state index contributed by atoms with van der Waals surface area (Å²) in [6.45, 7) is 3.92. The molecule has 0 spiro atoms. The van der Waals surface area contributed by atoms with Gasteiger partial charge in [-0.15, -0.1) is 0 Å². The van der Waals surface area contributed by atoms with Gasteiger partial charge < -0.3 is 20.6 Å². The number of anilines is 3. The number of hydrogen-bond acceptors (Lipinski definition) is 8. The number of aliphatic hydroxyl groups is 1. The number of aromatic nitrogens is 2. The van der Waals surface area contributed by atoms with Crippen LogP contribution in [0, 0.1) is 12.7 Å². The third-order valence-electron chi connectivity index (χ3n) is 5.23. The molecule has 9 nitrogen and oxygen atoms in total. The summed E-state index contributed by atoms with van der Waals surface area (Å²) in [6.07, 6.45) is 4.66. The fourth-order valence-electron chi connectivity index (χ4n) is 3.65. The Kier molecular flexibility index (Phi) is 7.98. The molecule has 11 heteroatoms. The van der Waals surface area contributed by atoms with Gasteiger partial charge in [-0.1, -0.05) is 6.08 Å². The van der Waals surface area contributed by atoms with Crippen molar-refractivity contribution in [1.82, 2.24) is 14.9 Å². The zero-order valence-corrected chi connectivity index (χ0v) is 19.4. The summed E-state index contributed by atoms with van der Waals surface area (Å²) in [4.78, 5) is 22.2. The molecule has 3 rings (SSSR count). The molecule has 33 heavy (non-hydrogen) atoms. The van der Waals surface area contributed by atoms with E-state index in [1.54, 1.807) is 24.9 Å². The molecule has 1 aromatic heterocycles. The van der Waals surface area contributed by atoms with E-state index in [-0.39, 0.29) is 23.3 Å². The van der Waals surface area contributed by atoms with Gasteiger partial charge in [0.05, 0.1) is 5.75 Å². The first kappa shape index (κ1) is 24.6. The van der Waals surface area contributed by atoms with E-state index in [0.717, 1.165) is 18.2 Å². The van der Waals surface area contributed by atoms with Gasteiger partial charge in [0.2, 0.25) is 11.9 Å². The van der Waals surface area contributed by atoms with E-state index in [1.807, 2.05) is 0 Å². The molecule has 0 bridgehead atoms. The molecule has 1 amide bonds. The summed E-state index contributed by atoms with van der Waals surface area (Å²) in [7, 11) is -3.55. The Bertz CT molecular complexity index is 1140. The summed E-state index contributed by atoms with van der Waals surface area (Å²) in [6, 6.07) is 3.84. The Morgan fingerprint density at radius 3 is 2.91 bits per heavy atom. The number of amides is 1. The number of piperidine rings is 1. The molecule has 0 radical (unpaired) electrons. The number of rotatable bonds is 8. The number of carbonyl (C=O) groups excluding carboxylic acids is 1. The number of nitrogens with one attached hydrogen (secondary N) is 2. The number of likely N-dealkylation sites (tertiary alicyclic amines) is 1. The van der Waals surface area contributed by atoms with Crippen molar-refractivity contribution in [1.29, 1.82) is 0 Å². The van der Waals surface area contributed by atoms with Crippen LogP contribution in [0.1, 0.15) is 30.9 Å². The highest BCUT2D eigenvalue weighted by Gasteiger charge is 2.24. The van der Waals surface area contributed by atoms with Gasteiger partial charge in [-0.25, -0.2) is 17.8 Å². The van der Waals surface area contributed by atoms with Crippen molar-refractivity contribution in [2.75, 3.05) is 30.3 Å². The zero-order chi connectivity index (χ0) is 24.0. The Balaban J connectivity index is 1.80. The minimum absolute atomic E-state index is 0.0721. The fraction of sp³-hybridized carbons (Fsp3) is 0.409. The summed E-state index contributed by atoms with van der Waals surface area (Å²) in [5.41, 5.74) is 1.42. The molecule has 1 aromatic carbocycles. The molecule has 0 unspecified atom stereocenters. The molecular formula is C22H28FN5O4S. The molecule has 0 saturated carbocycles. The Morgan fingerprint density at radius 2 is 2.18 bits per heavy atom. The standard InChI is InChI=1S/C22H28FN5O4S/c1-3-9-33(31,32)14-16-10-17(23)6-7-19(16)26-21-15(2)11-24-22(27-21)25-18-5-4-8-28(12-18)20(30)13-29/h3,6-7,9-11,18,29H,4-5,8,12-14H2,1-2H3,(H2,24,25,26,27)/b9-3+/t18-/m0/s1. The second-order valence-electron chi connectivity index (χ2n) is 7.91. The number of benzene rings is 1. The van der Waals surface area contributed by atoms with Gasteiger partial charge in [-0.05, 0) is 50.5 Å². The largest absolute Gasteiger partial charge is 0.387 e. The van der Waals surface area contributed by atoms with Crippen molar-refractivity contribution in [3.05, 3.63) is 52.8 Å². The first-order valence-electron chi connectivity index (χ1n) is 10.6. The summed E-state index contributed by atoms with van der Waals surface area (Å²) in [5, 5.41) is 16.5. The predicted molar refractivity (Wildman–Crippen MR) is 124 cm³/mol. The average molecular weight is 478 g/mol. The van der Waals surface area contributed by atoms with E-state index < -0.39 is 22.3 Å². The Labute approximate surface area is 192 Å². The molecule has 2 aromatic rings. The highest BCUT2D eigenvalue weighted by Crippen LogP contribution is 2.26. The van der Waals surface area contributed by atoms with Gasteiger partial charge >= 0.3 is 0 Å². The molecule has 178 valence electrons. The van der Waals surface area contributed by atoms with Crippen LogP contribution in [-0.2, 0) is 20.4 Å². The van der Waals surface area contributed by atoms with E-state index in [1.165, 1.54) is 24.3 Å². The van der Waals surface area contributed by atoms with Crippen LogP contribution in [0.25, 0.3) is 0 Å². The summed E-state index contributed by atoms with van der Waals surface area (Å²) < 4.78 is 38.3. The monoisotopic (exact) mass is 477 g/mol. The van der Waals surface area contributed by atoms with Crippen LogP contribution in [0.15, 0.2) is 35.9 Å². The third-order valence-corrected chi connectivity index (χ3v) is 6.63. The first-order valence-corrected chi connectivity index (χ1v) is 12.3. The van der Waals surface area contributed by atoms with Crippen LogP contribution in [-0.4, -0.2) is 60.0 Å². The van der Waals surface area contributed by atoms with Crippen LogP contribution in [0.3, 0.4) is 0 Å². The number of sulfone groups is 1. The molecule has 1 saturated heterocycles. The number of nitrogens with zero attached hydrogens (tertiary/aromatic N) is 3. The highest BCUT2D eigenvalue weighted by molar-refractivity contribution is 7.93. The van der Waals surface area contributed by atoms with Crippen molar-refractivity contribution in [3.63, 3.8) is 0 Å². The highest BCUT2D eigenvalue weighted by atomic mass is 32.2. The molecule has 1 atom stereocenters. The van der Waals surface area contributed by atoms with E-state index in [0.29, 0.717) is 36.1 Å². The van der Waals surface area contributed by atoms with Crippen molar-refractivity contribution in [2.45, 2.75) is 38.5 Å². The lowest BCUT2D eigenvalue weighted by Crippen LogP contribution is -2.46. The van der Waals surface area contributed by atoms with Gasteiger partial charge in [0, 0.05) is 42.0 Å². The second kappa shape index (κ2) is 10.7. The lowest BCUT2D eigenvalue weighted by molar-refractivity contribution is -0.135. The molecule has 3 N–H and O–H groups in total. The fourth-order valence-corrected chi connectivity index (χ4v) is 4.83. The lowest BCUT2D eigenvalue weighted by Gasteiger charge is -2.32. The number of hydrogen-bond donors (Lipinski definition) is 3. The zero-order valence-electron chi connectivity index (χ0n) is 18.6. The van der Waals surface area contributed by atoms with E-state index in [9.17, 15) is 17.6 Å². The van der Waals surface area contributed by atoms with Gasteiger partial charge in [-0.3, -0.25) is 4.79 Å². The maximum Gasteiger partial charge on any atom is 0.248 e. The predicted octanol–water partition coefficient (Wildman–Crippen LogP) is 2.51. The maximum absolute atomic E-state index is 13.8. The minimum atomic E-state index is -3.55. The van der Waals surface area contributed by atoms with Gasteiger partial charge in [0.25, 0.3) is 0 Å². The van der Waals surface area contributed by atoms with E-state index in [4.69, 9.17) is 5.11 Å².